The van der Waals surface area contributed by atoms with Gasteiger partial charge in [0.1, 0.15) is 18.0 Å². The third-order valence-corrected chi connectivity index (χ3v) is 4.33. The van der Waals surface area contributed by atoms with E-state index >= 15 is 0 Å². The Hall–Kier alpha value is -2.24. The summed E-state index contributed by atoms with van der Waals surface area (Å²) >= 11 is 0. The highest BCUT2D eigenvalue weighted by molar-refractivity contribution is 6.14. The van der Waals surface area contributed by atoms with E-state index in [2.05, 4.69) is 9.98 Å². The highest BCUT2D eigenvalue weighted by atomic mass is 19.3. The summed E-state index contributed by atoms with van der Waals surface area (Å²) in [6.45, 7) is 3.49. The third-order valence-electron chi connectivity index (χ3n) is 4.33. The van der Waals surface area contributed by atoms with Gasteiger partial charge in [0.15, 0.2) is 0 Å². The molecule has 0 saturated heterocycles. The van der Waals surface area contributed by atoms with Crippen LogP contribution >= 0.6 is 0 Å². The zero-order chi connectivity index (χ0) is 17.7. The second kappa shape index (κ2) is 5.40. The first-order valence-corrected chi connectivity index (χ1v) is 7.48. The second-order valence-electron chi connectivity index (χ2n) is 6.38. The van der Waals surface area contributed by atoms with E-state index in [4.69, 9.17) is 0 Å². The Bertz CT molecular complexity index is 841. The minimum atomic E-state index is -3.45. The number of nitrogens with zero attached hydrogens (tertiary/aromatic N) is 2. The van der Waals surface area contributed by atoms with Crippen LogP contribution in [0.2, 0.25) is 0 Å². The third kappa shape index (κ3) is 2.32. The average molecular weight is 336 g/mol. The van der Waals surface area contributed by atoms with E-state index < -0.39 is 29.5 Å². The van der Waals surface area contributed by atoms with Gasteiger partial charge in [-0.3, -0.25) is 9.98 Å². The Kier molecular flexibility index (Phi) is 3.73. The van der Waals surface area contributed by atoms with Crippen molar-refractivity contribution in [1.29, 1.82) is 0 Å². The van der Waals surface area contributed by atoms with Crippen LogP contribution in [0.5, 0.6) is 0 Å². The molecule has 2 nitrogen and oxygen atoms in total. The summed E-state index contributed by atoms with van der Waals surface area (Å²) in [5, 5.41) is 0. The van der Waals surface area contributed by atoms with Crippen LogP contribution in [0, 0.1) is 12.7 Å². The predicted molar refractivity (Wildman–Crippen MR) is 83.8 cm³/mol. The van der Waals surface area contributed by atoms with Crippen LogP contribution in [0.25, 0.3) is 0 Å². The minimum Gasteiger partial charge on any atom is -0.271 e. The Morgan fingerprint density at radius 1 is 1.17 bits per heavy atom. The van der Waals surface area contributed by atoms with Crippen LogP contribution in [0.4, 0.5) is 17.6 Å². The maximum atomic E-state index is 14.7. The zero-order valence-electron chi connectivity index (χ0n) is 13.5. The molecule has 0 spiro atoms. The van der Waals surface area contributed by atoms with Crippen LogP contribution in [0.15, 0.2) is 35.5 Å². The number of rotatable bonds is 2. The fourth-order valence-electron chi connectivity index (χ4n) is 2.85. The molecule has 3 rings (SSSR count). The van der Waals surface area contributed by atoms with Crippen LogP contribution in [0.3, 0.4) is 0 Å². The predicted octanol–water partition coefficient (Wildman–Crippen LogP) is 4.72. The van der Waals surface area contributed by atoms with E-state index in [-0.39, 0.29) is 17.0 Å². The molecule has 0 atom stereocenters. The molecule has 0 unspecified atom stereocenters. The van der Waals surface area contributed by atoms with Crippen molar-refractivity contribution < 1.29 is 17.6 Å². The van der Waals surface area contributed by atoms with Crippen LogP contribution in [0.1, 0.15) is 41.8 Å². The molecular weight excluding hydrogens is 320 g/mol. The fourth-order valence-corrected chi connectivity index (χ4v) is 2.85. The normalized spacial score (nSPS) is 18.0. The van der Waals surface area contributed by atoms with Crippen LogP contribution in [-0.4, -0.2) is 16.2 Å². The average Bonchev–Trinajstić information content (AvgIpc) is 2.51. The van der Waals surface area contributed by atoms with Crippen molar-refractivity contribution in [3.05, 3.63) is 64.2 Å². The summed E-state index contributed by atoms with van der Waals surface area (Å²) < 4.78 is 56.5. The van der Waals surface area contributed by atoms with Crippen molar-refractivity contribution in [1.82, 2.24) is 4.98 Å². The molecule has 1 aromatic carbocycles. The first kappa shape index (κ1) is 16.6. The molecule has 0 amide bonds. The van der Waals surface area contributed by atoms with Gasteiger partial charge in [0.2, 0.25) is 0 Å². The largest absolute Gasteiger partial charge is 0.300 e. The Balaban J connectivity index is 2.28. The quantitative estimate of drug-likeness (QED) is 0.729. The minimum absolute atomic E-state index is 0.0357. The molecule has 24 heavy (non-hydrogen) atoms. The van der Waals surface area contributed by atoms with E-state index in [0.29, 0.717) is 11.1 Å². The lowest BCUT2D eigenvalue weighted by molar-refractivity contribution is -0.0710. The van der Waals surface area contributed by atoms with E-state index in [9.17, 15) is 17.6 Å². The van der Waals surface area contributed by atoms with Crippen molar-refractivity contribution >= 4 is 5.71 Å². The van der Waals surface area contributed by atoms with E-state index in [0.717, 1.165) is 6.07 Å². The van der Waals surface area contributed by atoms with Gasteiger partial charge in [0.25, 0.3) is 0 Å². The van der Waals surface area contributed by atoms with E-state index in [1.807, 2.05) is 0 Å². The van der Waals surface area contributed by atoms with Gasteiger partial charge >= 0.3 is 5.92 Å². The Morgan fingerprint density at radius 3 is 2.50 bits per heavy atom. The molecule has 0 saturated carbocycles. The molecule has 0 aliphatic carbocycles. The number of aryl methyl sites for hydroxylation is 1. The highest BCUT2D eigenvalue weighted by Gasteiger charge is 2.54. The molecule has 0 bridgehead atoms. The summed E-state index contributed by atoms with van der Waals surface area (Å²) in [6, 6.07) is 5.43. The molecule has 2 aromatic rings. The zero-order valence-corrected chi connectivity index (χ0v) is 13.5. The van der Waals surface area contributed by atoms with Gasteiger partial charge in [-0.25, -0.2) is 8.78 Å². The van der Waals surface area contributed by atoms with Crippen molar-refractivity contribution in [2.75, 3.05) is 0 Å². The number of benzene rings is 1. The summed E-state index contributed by atoms with van der Waals surface area (Å²) in [5.74, 6) is -4.42. The van der Waals surface area contributed by atoms with Crippen LogP contribution < -0.4 is 0 Å². The SMILES string of the molecule is Cc1cc(C2=NC(C)(C)C(F)(F)c3c(F)cccc32)cnc1CF. The van der Waals surface area contributed by atoms with E-state index in [1.54, 1.807) is 13.0 Å². The Morgan fingerprint density at radius 2 is 1.88 bits per heavy atom. The van der Waals surface area contributed by atoms with Gasteiger partial charge < -0.3 is 0 Å². The van der Waals surface area contributed by atoms with Crippen molar-refractivity contribution in [3.63, 3.8) is 0 Å². The van der Waals surface area contributed by atoms with Gasteiger partial charge in [-0.2, -0.15) is 8.78 Å². The van der Waals surface area contributed by atoms with Gasteiger partial charge in [-0.05, 0) is 38.5 Å². The highest BCUT2D eigenvalue weighted by Crippen LogP contribution is 2.47. The molecule has 0 fully saturated rings. The molecule has 1 aliphatic rings. The lowest BCUT2D eigenvalue weighted by atomic mass is 9.81. The first-order valence-electron chi connectivity index (χ1n) is 7.48. The molecule has 1 aromatic heterocycles. The molecule has 0 N–H and O–H groups in total. The van der Waals surface area contributed by atoms with Crippen molar-refractivity contribution in [2.24, 2.45) is 4.99 Å². The summed E-state index contributed by atoms with van der Waals surface area (Å²) in [4.78, 5) is 8.20. The molecule has 2 heterocycles. The summed E-state index contributed by atoms with van der Waals surface area (Å²) in [5.41, 5.74) is -0.878. The lowest BCUT2D eigenvalue weighted by Crippen LogP contribution is -2.44. The molecular formula is C18H16F4N2. The summed E-state index contributed by atoms with van der Waals surface area (Å²) in [6.07, 6.45) is 1.38. The summed E-state index contributed by atoms with van der Waals surface area (Å²) in [7, 11) is 0. The maximum absolute atomic E-state index is 14.7. The van der Waals surface area contributed by atoms with Crippen molar-refractivity contribution in [2.45, 2.75) is 38.9 Å². The molecule has 126 valence electrons. The van der Waals surface area contributed by atoms with Gasteiger partial charge in [-0.15, -0.1) is 0 Å². The number of hydrogen-bond acceptors (Lipinski definition) is 2. The Labute approximate surface area is 137 Å². The van der Waals surface area contributed by atoms with E-state index in [1.165, 1.54) is 32.2 Å². The van der Waals surface area contributed by atoms with Crippen LogP contribution in [-0.2, 0) is 12.6 Å². The smallest absolute Gasteiger partial charge is 0.271 e. The second-order valence-corrected chi connectivity index (χ2v) is 6.38. The number of alkyl halides is 3. The number of pyridine rings is 1. The fraction of sp³-hybridized carbons (Fsp3) is 0.333. The molecule has 0 radical (unpaired) electrons. The number of hydrogen-bond donors (Lipinski definition) is 0. The van der Waals surface area contributed by atoms with Gasteiger partial charge in [0.05, 0.1) is 17.0 Å². The first-order chi connectivity index (χ1) is 11.2. The number of aromatic nitrogens is 1. The van der Waals surface area contributed by atoms with Gasteiger partial charge in [-0.1, -0.05) is 12.1 Å². The number of aliphatic imine (C=N–C) groups is 1. The maximum Gasteiger partial charge on any atom is 0.300 e. The monoisotopic (exact) mass is 336 g/mol. The van der Waals surface area contributed by atoms with Gasteiger partial charge in [0, 0.05) is 17.3 Å². The molecule has 6 heteroatoms. The standard InChI is InChI=1S/C18H16F4N2/c1-10-7-11(9-23-14(10)8-19)16-12-5-4-6-13(20)15(12)18(21,22)17(2,3)24-16/h4-7,9H,8H2,1-3H3. The van der Waals surface area contributed by atoms with Crippen molar-refractivity contribution in [3.8, 4) is 0 Å². The molecule has 1 aliphatic heterocycles. The number of halogens is 4. The number of fused-ring (bicyclic) bond motifs is 1. The topological polar surface area (TPSA) is 25.2 Å². The lowest BCUT2D eigenvalue weighted by Gasteiger charge is -2.37.